The van der Waals surface area contributed by atoms with Crippen molar-refractivity contribution in [2.24, 2.45) is 0 Å². The van der Waals surface area contributed by atoms with E-state index in [1.165, 1.54) is 12.1 Å². The first-order chi connectivity index (χ1) is 13.2. The normalized spacial score (nSPS) is 16.7. The second-order valence-corrected chi connectivity index (χ2v) is 6.87. The van der Waals surface area contributed by atoms with Crippen LogP contribution >= 0.6 is 0 Å². The number of rotatable bonds is 6. The van der Waals surface area contributed by atoms with Gasteiger partial charge in [0.2, 0.25) is 5.78 Å². The predicted octanol–water partition coefficient (Wildman–Crippen LogP) is 2.31. The minimum Gasteiger partial charge on any atom is -0.335 e. The maximum atomic E-state index is 13.1. The van der Waals surface area contributed by atoms with Crippen LogP contribution in [0.1, 0.15) is 28.9 Å². The van der Waals surface area contributed by atoms with Crippen LogP contribution in [-0.4, -0.2) is 50.9 Å². The lowest BCUT2D eigenvalue weighted by Gasteiger charge is -2.25. The molecule has 1 aromatic carbocycles. The van der Waals surface area contributed by atoms with Gasteiger partial charge in [0.1, 0.15) is 11.5 Å². The number of hydrogen-bond acceptors (Lipinski definition) is 4. The monoisotopic (exact) mass is 367 g/mol. The van der Waals surface area contributed by atoms with Gasteiger partial charge in [0.05, 0.1) is 0 Å². The highest BCUT2D eigenvalue weighted by Crippen LogP contribution is 2.13. The second-order valence-electron chi connectivity index (χ2n) is 6.87. The van der Waals surface area contributed by atoms with Crippen LogP contribution in [0.4, 0.5) is 4.39 Å². The number of amides is 1. The van der Waals surface area contributed by atoms with Crippen LogP contribution in [0.3, 0.4) is 0 Å². The van der Waals surface area contributed by atoms with E-state index >= 15 is 0 Å². The van der Waals surface area contributed by atoms with Crippen molar-refractivity contribution in [1.29, 1.82) is 0 Å². The molecular weight excluding hydrogens is 345 g/mol. The first-order valence-corrected chi connectivity index (χ1v) is 9.26. The molecule has 1 unspecified atom stereocenters. The number of carbonyl (C=O) groups is 1. The molecule has 1 atom stereocenters. The molecule has 2 aromatic heterocycles. The summed E-state index contributed by atoms with van der Waals surface area (Å²) in [5.74, 6) is 0.161. The van der Waals surface area contributed by atoms with Crippen molar-refractivity contribution in [3.05, 3.63) is 66.0 Å². The number of imidazole rings is 1. The van der Waals surface area contributed by atoms with Gasteiger partial charge in [-0.1, -0.05) is 12.1 Å². The Balaban J connectivity index is 1.52. The molecule has 140 valence electrons. The fraction of sp³-hybridized carbons (Fsp3) is 0.350. The van der Waals surface area contributed by atoms with Crippen molar-refractivity contribution in [3.8, 4) is 0 Å². The number of hydrogen-bond donors (Lipinski definition) is 1. The van der Waals surface area contributed by atoms with Gasteiger partial charge in [-0.25, -0.2) is 14.4 Å². The van der Waals surface area contributed by atoms with Crippen molar-refractivity contribution in [1.82, 2.24) is 24.6 Å². The molecule has 1 saturated heterocycles. The summed E-state index contributed by atoms with van der Waals surface area (Å²) in [7, 11) is 0. The van der Waals surface area contributed by atoms with Crippen molar-refractivity contribution in [2.75, 3.05) is 19.6 Å². The Morgan fingerprint density at radius 3 is 2.93 bits per heavy atom. The zero-order valence-electron chi connectivity index (χ0n) is 15.0. The third kappa shape index (κ3) is 4.14. The molecular formula is C20H22FN5O. The average molecular weight is 367 g/mol. The second kappa shape index (κ2) is 7.84. The van der Waals surface area contributed by atoms with Crippen LogP contribution < -0.4 is 5.32 Å². The topological polar surface area (TPSA) is 62.5 Å². The van der Waals surface area contributed by atoms with E-state index in [0.717, 1.165) is 24.9 Å². The Kier molecular flexibility index (Phi) is 5.11. The van der Waals surface area contributed by atoms with Crippen LogP contribution in [-0.2, 0) is 6.42 Å². The Labute approximate surface area is 157 Å². The number of aromatic nitrogens is 3. The highest BCUT2D eigenvalue weighted by Gasteiger charge is 2.24. The van der Waals surface area contributed by atoms with E-state index in [0.29, 0.717) is 37.0 Å². The van der Waals surface area contributed by atoms with Crippen LogP contribution in [0.25, 0.3) is 5.78 Å². The fourth-order valence-corrected chi connectivity index (χ4v) is 3.46. The lowest BCUT2D eigenvalue weighted by atomic mass is 10.1. The summed E-state index contributed by atoms with van der Waals surface area (Å²) < 4.78 is 14.9. The third-order valence-corrected chi connectivity index (χ3v) is 4.93. The smallest absolute Gasteiger partial charge is 0.274 e. The first kappa shape index (κ1) is 17.6. The van der Waals surface area contributed by atoms with Crippen LogP contribution in [0.2, 0.25) is 0 Å². The number of nitrogens with zero attached hydrogens (tertiary/aromatic N) is 4. The van der Waals surface area contributed by atoms with Gasteiger partial charge in [-0.15, -0.1) is 0 Å². The van der Waals surface area contributed by atoms with Gasteiger partial charge in [-0.3, -0.25) is 9.20 Å². The molecule has 3 aromatic rings. The number of fused-ring (bicyclic) bond motifs is 1. The Hall–Kier alpha value is -2.80. The predicted molar refractivity (Wildman–Crippen MR) is 100 cm³/mol. The molecule has 7 heteroatoms. The molecule has 4 rings (SSSR count). The van der Waals surface area contributed by atoms with Gasteiger partial charge >= 0.3 is 0 Å². The molecule has 0 radical (unpaired) electrons. The number of carbonyl (C=O) groups excluding carboxylic acids is 1. The third-order valence-electron chi connectivity index (χ3n) is 4.93. The first-order valence-electron chi connectivity index (χ1n) is 9.26. The average Bonchev–Trinajstić information content (AvgIpc) is 3.35. The highest BCUT2D eigenvalue weighted by atomic mass is 19.1. The van der Waals surface area contributed by atoms with Crippen molar-refractivity contribution in [3.63, 3.8) is 0 Å². The fourth-order valence-electron chi connectivity index (χ4n) is 3.46. The van der Waals surface area contributed by atoms with E-state index in [4.69, 9.17) is 0 Å². The number of halogens is 1. The van der Waals surface area contributed by atoms with Gasteiger partial charge in [0.25, 0.3) is 5.91 Å². The molecule has 27 heavy (non-hydrogen) atoms. The summed E-state index contributed by atoms with van der Waals surface area (Å²) in [5.41, 5.74) is 1.40. The van der Waals surface area contributed by atoms with Gasteiger partial charge in [0.15, 0.2) is 0 Å². The molecule has 3 heterocycles. The van der Waals surface area contributed by atoms with E-state index in [1.54, 1.807) is 35.0 Å². The summed E-state index contributed by atoms with van der Waals surface area (Å²) in [4.78, 5) is 23.5. The van der Waals surface area contributed by atoms with Crippen molar-refractivity contribution < 1.29 is 9.18 Å². The van der Waals surface area contributed by atoms with Crippen LogP contribution in [0, 0.1) is 5.82 Å². The standard InChI is InChI=1S/C20H22FN5O/c21-16-6-4-15(5-7-16)8-12-25(13-17-3-1-9-22-17)19(27)18-14-26-11-2-10-23-20(26)24-18/h2,4-7,10-11,14,17,22H,1,3,8-9,12-13H2. The van der Waals surface area contributed by atoms with E-state index in [9.17, 15) is 9.18 Å². The molecule has 1 fully saturated rings. The Morgan fingerprint density at radius 1 is 1.33 bits per heavy atom. The van der Waals surface area contributed by atoms with Gasteiger partial charge in [0, 0.05) is 37.7 Å². The Morgan fingerprint density at radius 2 is 2.19 bits per heavy atom. The summed E-state index contributed by atoms with van der Waals surface area (Å²) in [6.07, 6.45) is 8.07. The number of nitrogens with one attached hydrogen (secondary N) is 1. The van der Waals surface area contributed by atoms with Crippen molar-refractivity contribution >= 4 is 11.7 Å². The lowest BCUT2D eigenvalue weighted by molar-refractivity contribution is 0.0738. The van der Waals surface area contributed by atoms with Crippen LogP contribution in [0.15, 0.2) is 48.9 Å². The molecule has 1 aliphatic heterocycles. The molecule has 6 nitrogen and oxygen atoms in total. The zero-order valence-corrected chi connectivity index (χ0v) is 15.0. The van der Waals surface area contributed by atoms with E-state index in [-0.39, 0.29) is 11.7 Å². The summed E-state index contributed by atoms with van der Waals surface area (Å²) >= 11 is 0. The molecule has 0 bridgehead atoms. The molecule has 0 spiro atoms. The summed E-state index contributed by atoms with van der Waals surface area (Å²) in [6.45, 7) is 2.19. The highest BCUT2D eigenvalue weighted by molar-refractivity contribution is 5.92. The van der Waals surface area contributed by atoms with E-state index in [1.807, 2.05) is 11.1 Å². The minimum absolute atomic E-state index is 0.101. The van der Waals surface area contributed by atoms with E-state index < -0.39 is 0 Å². The molecule has 1 N–H and O–H groups in total. The van der Waals surface area contributed by atoms with Gasteiger partial charge in [-0.2, -0.15) is 0 Å². The lowest BCUT2D eigenvalue weighted by Crippen LogP contribution is -2.42. The number of benzene rings is 1. The molecule has 1 amide bonds. The largest absolute Gasteiger partial charge is 0.335 e. The van der Waals surface area contributed by atoms with Gasteiger partial charge in [-0.05, 0) is 49.6 Å². The summed E-state index contributed by atoms with van der Waals surface area (Å²) in [6, 6.07) is 8.54. The molecule has 0 saturated carbocycles. The SMILES string of the molecule is O=C(c1cn2cccnc2n1)N(CCc1ccc(F)cc1)CC1CCCN1. The quantitative estimate of drug-likeness (QED) is 0.726. The maximum absolute atomic E-state index is 13.1. The van der Waals surface area contributed by atoms with Crippen molar-refractivity contribution in [2.45, 2.75) is 25.3 Å². The molecule has 1 aliphatic rings. The minimum atomic E-state index is -0.251. The summed E-state index contributed by atoms with van der Waals surface area (Å²) in [5, 5.41) is 3.44. The Bertz CT molecular complexity index is 885. The van der Waals surface area contributed by atoms with E-state index in [2.05, 4.69) is 15.3 Å². The maximum Gasteiger partial charge on any atom is 0.274 e. The zero-order chi connectivity index (χ0) is 18.6. The molecule has 0 aliphatic carbocycles. The van der Waals surface area contributed by atoms with Crippen LogP contribution in [0.5, 0.6) is 0 Å². The van der Waals surface area contributed by atoms with Gasteiger partial charge < -0.3 is 10.2 Å².